The molecule has 2 N–H and O–H groups in total. The van der Waals surface area contributed by atoms with Crippen molar-refractivity contribution in [3.63, 3.8) is 0 Å². The standard InChI is InChI=1S/C11H13ClN2O5S/c1-5-7(3-13-11(12)9(5)14(18)19)10(17)8(16)4-20-6(2)15/h3,8,10,16-17H,4H2,1-2H3. The number of hydrogen-bond donors (Lipinski definition) is 2. The molecule has 0 bridgehead atoms. The molecule has 0 spiro atoms. The number of nitrogens with zero attached hydrogens (tertiary/aromatic N) is 2. The van der Waals surface area contributed by atoms with Crippen LogP contribution in [-0.2, 0) is 4.79 Å². The van der Waals surface area contributed by atoms with Crippen molar-refractivity contribution in [2.24, 2.45) is 0 Å². The lowest BCUT2D eigenvalue weighted by molar-refractivity contribution is -0.385. The fraction of sp³-hybridized carbons (Fsp3) is 0.455. The molecule has 0 amide bonds. The van der Waals surface area contributed by atoms with Gasteiger partial charge in [0.2, 0.25) is 5.15 Å². The van der Waals surface area contributed by atoms with E-state index in [9.17, 15) is 25.1 Å². The summed E-state index contributed by atoms with van der Waals surface area (Å²) in [4.78, 5) is 24.6. The molecule has 1 heterocycles. The number of halogens is 1. The summed E-state index contributed by atoms with van der Waals surface area (Å²) in [6.07, 6.45) is -1.45. The number of aliphatic hydroxyl groups is 2. The molecular formula is C11H13ClN2O5S. The molecule has 20 heavy (non-hydrogen) atoms. The third kappa shape index (κ3) is 3.89. The highest BCUT2D eigenvalue weighted by Gasteiger charge is 2.27. The fourth-order valence-electron chi connectivity index (χ4n) is 1.59. The second-order valence-corrected chi connectivity index (χ2v) is 5.60. The second-order valence-electron chi connectivity index (χ2n) is 4.05. The molecule has 1 rings (SSSR count). The van der Waals surface area contributed by atoms with E-state index in [0.29, 0.717) is 0 Å². The zero-order valence-electron chi connectivity index (χ0n) is 10.7. The topological polar surface area (TPSA) is 114 Å². The quantitative estimate of drug-likeness (QED) is 0.481. The van der Waals surface area contributed by atoms with E-state index in [-0.39, 0.29) is 27.1 Å². The Labute approximate surface area is 124 Å². The van der Waals surface area contributed by atoms with Crippen LogP contribution in [0.2, 0.25) is 5.15 Å². The van der Waals surface area contributed by atoms with E-state index in [1.807, 2.05) is 0 Å². The lowest BCUT2D eigenvalue weighted by Gasteiger charge is -2.18. The Balaban J connectivity index is 3.04. The number of aliphatic hydroxyl groups excluding tert-OH is 2. The summed E-state index contributed by atoms with van der Waals surface area (Å²) in [5.74, 6) is -0.0215. The highest BCUT2D eigenvalue weighted by molar-refractivity contribution is 8.13. The first-order valence-corrected chi connectivity index (χ1v) is 6.91. The number of hydrogen-bond acceptors (Lipinski definition) is 7. The number of carbonyl (C=O) groups is 1. The number of aromatic nitrogens is 1. The van der Waals surface area contributed by atoms with E-state index in [1.54, 1.807) is 0 Å². The molecule has 0 aromatic carbocycles. The maximum atomic E-state index is 10.9. The Morgan fingerprint density at radius 1 is 1.60 bits per heavy atom. The van der Waals surface area contributed by atoms with Crippen LogP contribution in [0.25, 0.3) is 0 Å². The number of thioether (sulfide) groups is 1. The maximum absolute atomic E-state index is 10.9. The van der Waals surface area contributed by atoms with Crippen LogP contribution in [-0.4, -0.2) is 37.1 Å². The molecule has 9 heteroatoms. The number of nitro groups is 1. The lowest BCUT2D eigenvalue weighted by Crippen LogP contribution is -2.22. The Morgan fingerprint density at radius 2 is 2.20 bits per heavy atom. The molecule has 7 nitrogen and oxygen atoms in total. The van der Waals surface area contributed by atoms with Crippen molar-refractivity contribution in [2.75, 3.05) is 5.75 Å². The van der Waals surface area contributed by atoms with Gasteiger partial charge in [0.15, 0.2) is 5.12 Å². The summed E-state index contributed by atoms with van der Waals surface area (Å²) < 4.78 is 0. The molecule has 2 unspecified atom stereocenters. The summed E-state index contributed by atoms with van der Waals surface area (Å²) in [6, 6.07) is 0. The molecule has 0 aliphatic carbocycles. The van der Waals surface area contributed by atoms with Gasteiger partial charge in [0.05, 0.1) is 11.0 Å². The first kappa shape index (κ1) is 16.8. The van der Waals surface area contributed by atoms with E-state index >= 15 is 0 Å². The molecular weight excluding hydrogens is 308 g/mol. The van der Waals surface area contributed by atoms with Crippen LogP contribution in [0.15, 0.2) is 6.20 Å². The Kier molecular flexibility index (Phi) is 5.88. The molecule has 1 aromatic heterocycles. The van der Waals surface area contributed by atoms with Gasteiger partial charge in [-0.25, -0.2) is 4.98 Å². The molecule has 0 saturated heterocycles. The van der Waals surface area contributed by atoms with Crippen molar-refractivity contribution in [1.29, 1.82) is 0 Å². The van der Waals surface area contributed by atoms with Crippen LogP contribution in [0.1, 0.15) is 24.2 Å². The first-order valence-electron chi connectivity index (χ1n) is 5.54. The monoisotopic (exact) mass is 320 g/mol. The van der Waals surface area contributed by atoms with Gasteiger partial charge in [0.25, 0.3) is 0 Å². The van der Waals surface area contributed by atoms with E-state index < -0.39 is 22.8 Å². The number of pyridine rings is 1. The van der Waals surface area contributed by atoms with Gasteiger partial charge in [-0.1, -0.05) is 23.4 Å². The molecule has 0 fully saturated rings. The summed E-state index contributed by atoms with van der Waals surface area (Å²) in [7, 11) is 0. The zero-order chi connectivity index (χ0) is 15.4. The second kappa shape index (κ2) is 6.98. The van der Waals surface area contributed by atoms with E-state index in [2.05, 4.69) is 4.98 Å². The molecule has 0 radical (unpaired) electrons. The Bertz CT molecular complexity index is 540. The van der Waals surface area contributed by atoms with Crippen LogP contribution < -0.4 is 0 Å². The summed E-state index contributed by atoms with van der Waals surface area (Å²) in [5, 5.41) is 30.2. The van der Waals surface area contributed by atoms with Crippen LogP contribution in [0.3, 0.4) is 0 Å². The van der Waals surface area contributed by atoms with Gasteiger partial charge >= 0.3 is 5.69 Å². The van der Waals surface area contributed by atoms with E-state index in [1.165, 1.54) is 20.0 Å². The van der Waals surface area contributed by atoms with Gasteiger partial charge in [0, 0.05) is 30.0 Å². The summed E-state index contributed by atoms with van der Waals surface area (Å²) >= 11 is 6.49. The zero-order valence-corrected chi connectivity index (χ0v) is 12.3. The minimum atomic E-state index is -1.38. The van der Waals surface area contributed by atoms with Gasteiger partial charge in [0.1, 0.15) is 6.10 Å². The molecule has 0 saturated carbocycles. The van der Waals surface area contributed by atoms with Crippen molar-refractivity contribution < 1.29 is 19.9 Å². The summed E-state index contributed by atoms with van der Waals surface area (Å²) in [6.45, 7) is 2.75. The minimum Gasteiger partial charge on any atom is -0.389 e. The average Bonchev–Trinajstić information content (AvgIpc) is 2.34. The maximum Gasteiger partial charge on any atom is 0.309 e. The Morgan fingerprint density at radius 3 is 2.70 bits per heavy atom. The fourth-order valence-corrected chi connectivity index (χ4v) is 2.43. The van der Waals surface area contributed by atoms with Gasteiger partial charge in [-0.05, 0) is 6.92 Å². The van der Waals surface area contributed by atoms with Gasteiger partial charge < -0.3 is 10.2 Å². The average molecular weight is 321 g/mol. The van der Waals surface area contributed by atoms with Crippen molar-refractivity contribution in [1.82, 2.24) is 4.98 Å². The normalized spacial score (nSPS) is 13.8. The van der Waals surface area contributed by atoms with E-state index in [4.69, 9.17) is 11.6 Å². The molecule has 0 aliphatic rings. The smallest absolute Gasteiger partial charge is 0.309 e. The Hall–Kier alpha value is -1.22. The predicted molar refractivity (Wildman–Crippen MR) is 74.7 cm³/mol. The number of carbonyl (C=O) groups excluding carboxylic acids is 1. The van der Waals surface area contributed by atoms with Crippen molar-refractivity contribution in [2.45, 2.75) is 26.1 Å². The third-order valence-corrected chi connectivity index (χ3v) is 3.81. The third-order valence-electron chi connectivity index (χ3n) is 2.62. The van der Waals surface area contributed by atoms with Gasteiger partial charge in [-0.15, -0.1) is 0 Å². The van der Waals surface area contributed by atoms with Crippen LogP contribution in [0, 0.1) is 17.0 Å². The van der Waals surface area contributed by atoms with Crippen LogP contribution >= 0.6 is 23.4 Å². The van der Waals surface area contributed by atoms with E-state index in [0.717, 1.165) is 11.8 Å². The van der Waals surface area contributed by atoms with Crippen molar-refractivity contribution in [3.8, 4) is 0 Å². The first-order chi connectivity index (χ1) is 9.25. The van der Waals surface area contributed by atoms with Crippen LogP contribution in [0.4, 0.5) is 5.69 Å². The van der Waals surface area contributed by atoms with Crippen LogP contribution in [0.5, 0.6) is 0 Å². The summed E-state index contributed by atoms with van der Waals surface area (Å²) in [5.41, 5.74) is -0.165. The molecule has 2 atom stereocenters. The van der Waals surface area contributed by atoms with Crippen molar-refractivity contribution in [3.05, 3.63) is 32.6 Å². The highest BCUT2D eigenvalue weighted by Crippen LogP contribution is 2.32. The molecule has 0 aliphatic heterocycles. The van der Waals surface area contributed by atoms with Crippen molar-refractivity contribution >= 4 is 34.2 Å². The predicted octanol–water partition coefficient (Wildman–Crippen LogP) is 1.63. The molecule has 1 aromatic rings. The van der Waals surface area contributed by atoms with Gasteiger partial charge in [-0.2, -0.15) is 0 Å². The SMILES string of the molecule is CC(=O)SCC(O)C(O)c1cnc(Cl)c([N+](=O)[O-])c1C. The lowest BCUT2D eigenvalue weighted by atomic mass is 10.0. The van der Waals surface area contributed by atoms with Gasteiger partial charge in [-0.3, -0.25) is 14.9 Å². The molecule has 110 valence electrons. The minimum absolute atomic E-state index is 0.0215. The number of rotatable bonds is 5. The largest absolute Gasteiger partial charge is 0.389 e. The highest BCUT2D eigenvalue weighted by atomic mass is 35.5.